The second-order valence-corrected chi connectivity index (χ2v) is 4.25. The van der Waals surface area contributed by atoms with E-state index in [1.54, 1.807) is 12.1 Å². The van der Waals surface area contributed by atoms with Gasteiger partial charge in [0.15, 0.2) is 11.5 Å². The molecule has 0 fully saturated rings. The predicted molar refractivity (Wildman–Crippen MR) is 63.7 cm³/mol. The summed E-state index contributed by atoms with van der Waals surface area (Å²) in [6, 6.07) is 7.28. The van der Waals surface area contributed by atoms with Gasteiger partial charge in [-0.3, -0.25) is 4.79 Å². The van der Waals surface area contributed by atoms with E-state index >= 15 is 0 Å². The summed E-state index contributed by atoms with van der Waals surface area (Å²) in [4.78, 5) is 10.9. The van der Waals surface area contributed by atoms with Crippen molar-refractivity contribution in [2.75, 3.05) is 5.73 Å². The molecule has 1 aromatic heterocycles. The van der Waals surface area contributed by atoms with Crippen LogP contribution in [0.5, 0.6) is 0 Å². The van der Waals surface area contributed by atoms with Gasteiger partial charge in [0.05, 0.1) is 5.69 Å². The zero-order valence-corrected chi connectivity index (χ0v) is 10.2. The van der Waals surface area contributed by atoms with E-state index in [2.05, 4.69) is 26.2 Å². The molecule has 1 aromatic carbocycles. The Hall–Kier alpha value is -1.40. The molecule has 16 heavy (non-hydrogen) atoms. The number of aromatic nitrogens is 3. The van der Waals surface area contributed by atoms with E-state index in [0.717, 1.165) is 4.47 Å². The van der Waals surface area contributed by atoms with Crippen molar-refractivity contribution >= 4 is 38.6 Å². The van der Waals surface area contributed by atoms with Gasteiger partial charge in [-0.1, -0.05) is 27.2 Å². The van der Waals surface area contributed by atoms with Crippen LogP contribution >= 0.6 is 27.5 Å². The number of anilines is 1. The van der Waals surface area contributed by atoms with E-state index in [1.807, 2.05) is 12.1 Å². The molecule has 2 aromatic rings. The van der Waals surface area contributed by atoms with Crippen LogP contribution < -0.4 is 5.73 Å². The maximum absolute atomic E-state index is 10.9. The van der Waals surface area contributed by atoms with Crippen molar-refractivity contribution in [3.05, 3.63) is 34.4 Å². The molecule has 0 atom stereocenters. The average molecular weight is 302 g/mol. The highest BCUT2D eigenvalue weighted by Gasteiger charge is 2.16. The Morgan fingerprint density at radius 3 is 2.81 bits per heavy atom. The van der Waals surface area contributed by atoms with Crippen LogP contribution in [0.2, 0.25) is 0 Å². The zero-order chi connectivity index (χ0) is 11.7. The molecule has 82 valence electrons. The van der Waals surface area contributed by atoms with Crippen LogP contribution in [0.15, 0.2) is 28.7 Å². The summed E-state index contributed by atoms with van der Waals surface area (Å²) in [5, 5.41) is 6.65. The van der Waals surface area contributed by atoms with Gasteiger partial charge in [0.25, 0.3) is 5.24 Å². The molecule has 0 aliphatic heterocycles. The van der Waals surface area contributed by atoms with Crippen molar-refractivity contribution in [1.29, 1.82) is 0 Å². The van der Waals surface area contributed by atoms with E-state index < -0.39 is 5.24 Å². The standard InChI is InChI=1S/C9H6BrClN4O/c10-5-2-1-3-6(4-5)15-9(12)7(8(11)16)13-14-15/h1-4H,12H2. The van der Waals surface area contributed by atoms with Crippen molar-refractivity contribution in [2.24, 2.45) is 0 Å². The van der Waals surface area contributed by atoms with Crippen LogP contribution in [0.3, 0.4) is 0 Å². The lowest BCUT2D eigenvalue weighted by atomic mass is 10.3. The van der Waals surface area contributed by atoms with Gasteiger partial charge in [0, 0.05) is 4.47 Å². The van der Waals surface area contributed by atoms with Crippen LogP contribution in [0.4, 0.5) is 5.82 Å². The van der Waals surface area contributed by atoms with E-state index in [0.29, 0.717) is 5.69 Å². The maximum Gasteiger partial charge on any atom is 0.276 e. The molecule has 5 nitrogen and oxygen atoms in total. The fourth-order valence-corrected chi connectivity index (χ4v) is 1.75. The van der Waals surface area contributed by atoms with Crippen LogP contribution in [0, 0.1) is 0 Å². The molecule has 0 saturated heterocycles. The number of nitrogens with zero attached hydrogens (tertiary/aromatic N) is 3. The first kappa shape index (κ1) is 11.1. The number of carbonyl (C=O) groups excluding carboxylic acids is 1. The lowest BCUT2D eigenvalue weighted by Gasteiger charge is -2.02. The molecular formula is C9H6BrClN4O. The number of rotatable bonds is 2. The summed E-state index contributed by atoms with van der Waals surface area (Å²) < 4.78 is 2.22. The van der Waals surface area contributed by atoms with Crippen LogP contribution in [0.1, 0.15) is 10.5 Å². The van der Waals surface area contributed by atoms with Gasteiger partial charge in [0.1, 0.15) is 0 Å². The Labute approximate surface area is 104 Å². The van der Waals surface area contributed by atoms with Crippen molar-refractivity contribution in [3.63, 3.8) is 0 Å². The number of hydrogen-bond donors (Lipinski definition) is 1. The van der Waals surface area contributed by atoms with Gasteiger partial charge in [-0.2, -0.15) is 4.68 Å². The number of hydrogen-bond acceptors (Lipinski definition) is 4. The number of nitrogens with two attached hydrogens (primary N) is 1. The molecule has 0 aliphatic carbocycles. The lowest BCUT2D eigenvalue weighted by Crippen LogP contribution is -2.03. The van der Waals surface area contributed by atoms with Crippen LogP contribution in [-0.4, -0.2) is 20.2 Å². The van der Waals surface area contributed by atoms with Gasteiger partial charge < -0.3 is 5.73 Å². The molecule has 0 saturated carbocycles. The largest absolute Gasteiger partial charge is 0.382 e. The first-order chi connectivity index (χ1) is 7.59. The molecule has 0 unspecified atom stereocenters. The van der Waals surface area contributed by atoms with E-state index in [4.69, 9.17) is 17.3 Å². The molecule has 7 heteroatoms. The monoisotopic (exact) mass is 300 g/mol. The van der Waals surface area contributed by atoms with Gasteiger partial charge in [-0.05, 0) is 29.8 Å². The van der Waals surface area contributed by atoms with E-state index in [1.165, 1.54) is 4.68 Å². The molecule has 0 radical (unpaired) electrons. The van der Waals surface area contributed by atoms with Crippen LogP contribution in [-0.2, 0) is 0 Å². The third kappa shape index (κ3) is 1.94. The van der Waals surface area contributed by atoms with Gasteiger partial charge in [0.2, 0.25) is 0 Å². The number of carbonyl (C=O) groups is 1. The molecule has 2 rings (SSSR count). The van der Waals surface area contributed by atoms with Crippen molar-refractivity contribution < 1.29 is 4.79 Å². The van der Waals surface area contributed by atoms with E-state index in [9.17, 15) is 4.79 Å². The van der Waals surface area contributed by atoms with E-state index in [-0.39, 0.29) is 11.5 Å². The highest BCUT2D eigenvalue weighted by atomic mass is 79.9. The minimum absolute atomic E-state index is 0.0401. The molecule has 1 heterocycles. The quantitative estimate of drug-likeness (QED) is 0.861. The second kappa shape index (κ2) is 4.23. The topological polar surface area (TPSA) is 73.8 Å². The minimum Gasteiger partial charge on any atom is -0.382 e. The molecular weight excluding hydrogens is 295 g/mol. The van der Waals surface area contributed by atoms with Crippen molar-refractivity contribution in [1.82, 2.24) is 15.0 Å². The smallest absolute Gasteiger partial charge is 0.276 e. The van der Waals surface area contributed by atoms with Gasteiger partial charge in [-0.15, -0.1) is 5.10 Å². The SMILES string of the molecule is Nc1c(C(=O)Cl)nnn1-c1cccc(Br)c1. The van der Waals surface area contributed by atoms with Crippen LogP contribution in [0.25, 0.3) is 5.69 Å². The third-order valence-corrected chi connectivity index (χ3v) is 2.62. The van der Waals surface area contributed by atoms with Gasteiger partial charge in [-0.25, -0.2) is 0 Å². The first-order valence-electron chi connectivity index (χ1n) is 4.26. The van der Waals surface area contributed by atoms with Crippen molar-refractivity contribution in [3.8, 4) is 5.69 Å². The number of benzene rings is 1. The lowest BCUT2D eigenvalue weighted by molar-refractivity contribution is 0.107. The molecule has 0 bridgehead atoms. The average Bonchev–Trinajstić information content (AvgIpc) is 2.60. The predicted octanol–water partition coefficient (Wildman–Crippen LogP) is 1.99. The number of halogens is 2. The first-order valence-corrected chi connectivity index (χ1v) is 5.43. The summed E-state index contributed by atoms with van der Waals surface area (Å²) in [6.07, 6.45) is 0. The number of nitrogen functional groups attached to an aromatic ring is 1. The Bertz CT molecular complexity index is 554. The summed E-state index contributed by atoms with van der Waals surface area (Å²) in [7, 11) is 0. The zero-order valence-electron chi connectivity index (χ0n) is 7.89. The second-order valence-electron chi connectivity index (χ2n) is 2.99. The van der Waals surface area contributed by atoms with Gasteiger partial charge >= 0.3 is 0 Å². The molecule has 0 amide bonds. The Kier molecular flexibility index (Phi) is 2.93. The fraction of sp³-hybridized carbons (Fsp3) is 0. The normalized spacial score (nSPS) is 10.4. The Morgan fingerprint density at radius 2 is 2.25 bits per heavy atom. The minimum atomic E-state index is -0.723. The summed E-state index contributed by atoms with van der Waals surface area (Å²) in [6.45, 7) is 0. The molecule has 0 aliphatic rings. The Balaban J connectivity index is 2.53. The summed E-state index contributed by atoms with van der Waals surface area (Å²) in [5.74, 6) is 0.123. The molecule has 2 N–H and O–H groups in total. The third-order valence-electron chi connectivity index (χ3n) is 1.94. The summed E-state index contributed by atoms with van der Waals surface area (Å²) in [5.41, 5.74) is 6.36. The highest BCUT2D eigenvalue weighted by molar-refractivity contribution is 9.10. The van der Waals surface area contributed by atoms with Crippen molar-refractivity contribution in [2.45, 2.75) is 0 Å². The maximum atomic E-state index is 10.9. The molecule has 0 spiro atoms. The Morgan fingerprint density at radius 1 is 1.50 bits per heavy atom. The summed E-state index contributed by atoms with van der Waals surface area (Å²) >= 11 is 8.62. The highest BCUT2D eigenvalue weighted by Crippen LogP contribution is 2.19. The fourth-order valence-electron chi connectivity index (χ4n) is 1.23.